The molecule has 3 N–H and O–H groups in total. The van der Waals surface area contributed by atoms with Gasteiger partial charge in [0, 0.05) is 36.2 Å². The fourth-order valence-electron chi connectivity index (χ4n) is 5.26. The molecule has 1 unspecified atom stereocenters. The third kappa shape index (κ3) is 5.17. The molecule has 3 aliphatic rings. The van der Waals surface area contributed by atoms with Gasteiger partial charge < -0.3 is 20.3 Å². The third-order valence-electron chi connectivity index (χ3n) is 7.32. The van der Waals surface area contributed by atoms with Crippen LogP contribution in [-0.2, 0) is 16.1 Å². The fraction of sp³-hybridized carbons (Fsp3) is 0.333. The summed E-state index contributed by atoms with van der Waals surface area (Å²) < 4.78 is 5.26. The average molecular weight is 525 g/mol. The van der Waals surface area contributed by atoms with Crippen LogP contribution in [0, 0.1) is 23.7 Å². The molecular formula is C30H28N4O5. The van der Waals surface area contributed by atoms with Gasteiger partial charge in [0.25, 0.3) is 11.8 Å². The van der Waals surface area contributed by atoms with Crippen LogP contribution in [0.3, 0.4) is 0 Å². The summed E-state index contributed by atoms with van der Waals surface area (Å²) in [5.41, 5.74) is 8.76. The molecular weight excluding hydrogens is 496 g/mol. The van der Waals surface area contributed by atoms with Gasteiger partial charge in [-0.25, -0.2) is 0 Å². The van der Waals surface area contributed by atoms with Crippen molar-refractivity contribution in [3.8, 4) is 29.4 Å². The molecule has 5 rings (SSSR count). The molecule has 2 fully saturated rings. The normalized spacial score (nSPS) is 20.3. The van der Waals surface area contributed by atoms with E-state index in [0.717, 1.165) is 24.8 Å². The Balaban J connectivity index is 1.33. The van der Waals surface area contributed by atoms with Crippen molar-refractivity contribution in [1.29, 1.82) is 0 Å². The highest BCUT2D eigenvalue weighted by atomic mass is 16.5. The molecule has 2 aromatic carbocycles. The predicted molar refractivity (Wildman–Crippen MR) is 143 cm³/mol. The first-order chi connectivity index (χ1) is 18.9. The molecule has 4 amide bonds. The van der Waals surface area contributed by atoms with Crippen LogP contribution < -0.4 is 15.8 Å². The molecule has 0 saturated carbocycles. The quantitative estimate of drug-likeness (QED) is 0.360. The van der Waals surface area contributed by atoms with Crippen molar-refractivity contribution in [3.63, 3.8) is 0 Å². The lowest BCUT2D eigenvalue weighted by atomic mass is 10.0. The second kappa shape index (κ2) is 10.9. The van der Waals surface area contributed by atoms with E-state index in [9.17, 15) is 19.2 Å². The van der Waals surface area contributed by atoms with Crippen LogP contribution in [0.25, 0.3) is 0 Å². The lowest BCUT2D eigenvalue weighted by Crippen LogP contribution is -2.52. The van der Waals surface area contributed by atoms with Gasteiger partial charge in [-0.05, 0) is 73.4 Å². The number of methoxy groups -OCH3 is 1. The standard InChI is InChI=1S/C30H28N4O5/c1-39-26-17-20(12-13-24(26)31)29(37)33-16-5-4-10-21(33)9-3-2-7-19-8-6-11-22-23(19)18-34(30(22)38)25-14-15-27(35)32-28(25)36/h6,8,11-13,17,21,25H,4-5,10,14-16,18,31H2,1H3,(H,32,35,36)/t21-,25?/m1/s1. The topological polar surface area (TPSA) is 122 Å². The summed E-state index contributed by atoms with van der Waals surface area (Å²) in [4.78, 5) is 53.4. The smallest absolute Gasteiger partial charge is 0.255 e. The lowest BCUT2D eigenvalue weighted by molar-refractivity contribution is -0.136. The molecule has 0 aliphatic carbocycles. The molecule has 0 bridgehead atoms. The number of carbonyl (C=O) groups is 4. The van der Waals surface area contributed by atoms with Gasteiger partial charge in [0.05, 0.1) is 18.8 Å². The van der Waals surface area contributed by atoms with Gasteiger partial charge in [-0.3, -0.25) is 24.5 Å². The van der Waals surface area contributed by atoms with Crippen molar-refractivity contribution in [2.75, 3.05) is 19.4 Å². The molecule has 0 radical (unpaired) electrons. The number of anilines is 1. The Labute approximate surface area is 226 Å². The third-order valence-corrected chi connectivity index (χ3v) is 7.32. The molecule has 9 heteroatoms. The predicted octanol–water partition coefficient (Wildman–Crippen LogP) is 2.09. The van der Waals surface area contributed by atoms with Gasteiger partial charge in [-0.15, -0.1) is 0 Å². The van der Waals surface area contributed by atoms with Crippen LogP contribution >= 0.6 is 0 Å². The zero-order chi connectivity index (χ0) is 27.5. The van der Waals surface area contributed by atoms with Crippen LogP contribution in [-0.4, -0.2) is 59.2 Å². The number of benzene rings is 2. The maximum Gasteiger partial charge on any atom is 0.255 e. The molecule has 3 aliphatic heterocycles. The van der Waals surface area contributed by atoms with Crippen LogP contribution in [0.5, 0.6) is 5.75 Å². The number of nitrogens with one attached hydrogen (secondary N) is 1. The summed E-state index contributed by atoms with van der Waals surface area (Å²) in [6, 6.07) is 9.34. The van der Waals surface area contributed by atoms with Gasteiger partial charge in [-0.1, -0.05) is 17.9 Å². The van der Waals surface area contributed by atoms with Gasteiger partial charge in [0.15, 0.2) is 0 Å². The Morgan fingerprint density at radius 3 is 2.74 bits per heavy atom. The summed E-state index contributed by atoms with van der Waals surface area (Å²) >= 11 is 0. The molecule has 2 aromatic rings. The SMILES string of the molecule is COc1cc(C(=O)N2CCCC[C@H]2C#CC#Cc2cccc3c2CN(C2CCC(=O)NC2=O)C3=O)ccc1N. The zero-order valence-corrected chi connectivity index (χ0v) is 21.6. The number of ether oxygens (including phenoxy) is 1. The second-order valence-electron chi connectivity index (χ2n) is 9.72. The van der Waals surface area contributed by atoms with Crippen molar-refractivity contribution in [3.05, 3.63) is 58.7 Å². The summed E-state index contributed by atoms with van der Waals surface area (Å²) in [6.45, 7) is 0.845. The van der Waals surface area contributed by atoms with Crippen molar-refractivity contribution in [1.82, 2.24) is 15.1 Å². The van der Waals surface area contributed by atoms with Crippen molar-refractivity contribution >= 4 is 29.3 Å². The van der Waals surface area contributed by atoms with Crippen molar-refractivity contribution in [2.45, 2.75) is 50.7 Å². The summed E-state index contributed by atoms with van der Waals surface area (Å²) in [7, 11) is 1.51. The molecule has 3 heterocycles. The number of carbonyl (C=O) groups excluding carboxylic acids is 4. The van der Waals surface area contributed by atoms with E-state index >= 15 is 0 Å². The van der Waals surface area contributed by atoms with E-state index in [2.05, 4.69) is 29.0 Å². The van der Waals surface area contributed by atoms with Crippen LogP contribution in [0.2, 0.25) is 0 Å². The van der Waals surface area contributed by atoms with E-state index in [0.29, 0.717) is 41.1 Å². The Morgan fingerprint density at radius 1 is 1.10 bits per heavy atom. The fourth-order valence-corrected chi connectivity index (χ4v) is 5.26. The van der Waals surface area contributed by atoms with Crippen LogP contribution in [0.15, 0.2) is 36.4 Å². The zero-order valence-electron chi connectivity index (χ0n) is 21.6. The summed E-state index contributed by atoms with van der Waals surface area (Å²) in [5.74, 6) is 11.3. The van der Waals surface area contributed by atoms with E-state index in [1.54, 1.807) is 35.2 Å². The van der Waals surface area contributed by atoms with E-state index in [-0.39, 0.29) is 36.7 Å². The largest absolute Gasteiger partial charge is 0.495 e. The number of rotatable bonds is 3. The van der Waals surface area contributed by atoms with Gasteiger partial charge in [0.2, 0.25) is 11.8 Å². The minimum Gasteiger partial charge on any atom is -0.495 e. The summed E-state index contributed by atoms with van der Waals surface area (Å²) in [6.07, 6.45) is 3.12. The van der Waals surface area contributed by atoms with E-state index in [1.807, 2.05) is 6.07 Å². The number of nitrogens with two attached hydrogens (primary N) is 1. The monoisotopic (exact) mass is 524 g/mol. The Morgan fingerprint density at radius 2 is 1.95 bits per heavy atom. The maximum atomic E-state index is 13.2. The molecule has 198 valence electrons. The highest BCUT2D eigenvalue weighted by Crippen LogP contribution is 2.29. The van der Waals surface area contributed by atoms with E-state index < -0.39 is 11.9 Å². The van der Waals surface area contributed by atoms with Crippen molar-refractivity contribution < 1.29 is 23.9 Å². The number of fused-ring (bicyclic) bond motifs is 1. The van der Waals surface area contributed by atoms with Crippen LogP contribution in [0.4, 0.5) is 5.69 Å². The minimum atomic E-state index is -0.681. The first-order valence-corrected chi connectivity index (χ1v) is 12.9. The first-order valence-electron chi connectivity index (χ1n) is 12.9. The number of nitrogens with zero attached hydrogens (tertiary/aromatic N) is 2. The number of imide groups is 1. The number of nitrogen functional groups attached to an aromatic ring is 1. The minimum absolute atomic E-state index is 0.131. The van der Waals surface area contributed by atoms with E-state index in [4.69, 9.17) is 10.5 Å². The van der Waals surface area contributed by atoms with Crippen molar-refractivity contribution in [2.24, 2.45) is 0 Å². The highest BCUT2D eigenvalue weighted by molar-refractivity contribution is 6.05. The Kier molecular flexibility index (Phi) is 7.25. The van der Waals surface area contributed by atoms with E-state index in [1.165, 1.54) is 12.0 Å². The maximum absolute atomic E-state index is 13.2. The molecule has 2 saturated heterocycles. The molecule has 9 nitrogen and oxygen atoms in total. The highest BCUT2D eigenvalue weighted by Gasteiger charge is 2.39. The van der Waals surface area contributed by atoms with Crippen LogP contribution in [0.1, 0.15) is 63.9 Å². The number of piperidine rings is 2. The average Bonchev–Trinajstić information content (AvgIpc) is 3.28. The molecule has 2 atom stereocenters. The molecule has 0 spiro atoms. The van der Waals surface area contributed by atoms with Gasteiger partial charge in [0.1, 0.15) is 11.8 Å². The Hall–Kier alpha value is -4.76. The first kappa shape index (κ1) is 25.9. The van der Waals surface area contributed by atoms with Gasteiger partial charge >= 0.3 is 0 Å². The number of likely N-dealkylation sites (tertiary alicyclic amines) is 1. The number of amides is 4. The lowest BCUT2D eigenvalue weighted by Gasteiger charge is -2.32. The Bertz CT molecular complexity index is 1490. The van der Waals surface area contributed by atoms with Gasteiger partial charge in [-0.2, -0.15) is 0 Å². The second-order valence-corrected chi connectivity index (χ2v) is 9.72. The number of hydrogen-bond donors (Lipinski definition) is 2. The molecule has 39 heavy (non-hydrogen) atoms. The number of hydrogen-bond acceptors (Lipinski definition) is 6. The summed E-state index contributed by atoms with van der Waals surface area (Å²) in [5, 5.41) is 2.31. The molecule has 0 aromatic heterocycles.